The maximum absolute atomic E-state index is 4.80. The SMILES string of the molecule is CN(C)c1ccccc1NC1=NC(c2ccccc2)CS1. The Hall–Kier alpha value is -1.94. The number of aliphatic imine (C=N–C) groups is 1. The molecule has 1 aliphatic heterocycles. The molecule has 0 saturated heterocycles. The predicted molar refractivity (Wildman–Crippen MR) is 93.5 cm³/mol. The van der Waals surface area contributed by atoms with Gasteiger partial charge in [-0.3, -0.25) is 4.99 Å². The lowest BCUT2D eigenvalue weighted by Gasteiger charge is -2.17. The summed E-state index contributed by atoms with van der Waals surface area (Å²) in [6, 6.07) is 19.0. The highest BCUT2D eigenvalue weighted by molar-refractivity contribution is 8.14. The van der Waals surface area contributed by atoms with E-state index in [-0.39, 0.29) is 6.04 Å². The van der Waals surface area contributed by atoms with Gasteiger partial charge in [-0.15, -0.1) is 0 Å². The average Bonchev–Trinajstić information content (AvgIpc) is 2.97. The van der Waals surface area contributed by atoms with Gasteiger partial charge in [0.05, 0.1) is 17.4 Å². The Morgan fingerprint density at radius 2 is 1.76 bits per heavy atom. The van der Waals surface area contributed by atoms with Crippen LogP contribution in [0.25, 0.3) is 0 Å². The molecule has 21 heavy (non-hydrogen) atoms. The average molecular weight is 297 g/mol. The van der Waals surface area contributed by atoms with Crippen molar-refractivity contribution in [2.24, 2.45) is 4.99 Å². The minimum Gasteiger partial charge on any atom is -0.376 e. The Morgan fingerprint density at radius 3 is 2.52 bits per heavy atom. The first-order valence-corrected chi connectivity index (χ1v) is 8.01. The number of para-hydroxylation sites is 2. The first kappa shape index (κ1) is 14.0. The second kappa shape index (κ2) is 6.22. The molecule has 0 bridgehead atoms. The van der Waals surface area contributed by atoms with E-state index in [0.29, 0.717) is 0 Å². The predicted octanol–water partition coefficient (Wildman–Crippen LogP) is 4.01. The summed E-state index contributed by atoms with van der Waals surface area (Å²) in [6.45, 7) is 0. The van der Waals surface area contributed by atoms with Crippen LogP contribution in [0.3, 0.4) is 0 Å². The molecule has 0 radical (unpaired) electrons. The molecule has 4 heteroatoms. The second-order valence-electron chi connectivity index (χ2n) is 5.21. The maximum atomic E-state index is 4.80. The molecule has 1 atom stereocenters. The van der Waals surface area contributed by atoms with Crippen molar-refractivity contribution in [2.75, 3.05) is 30.1 Å². The summed E-state index contributed by atoms with van der Waals surface area (Å²) in [5.41, 5.74) is 3.55. The number of rotatable bonds is 3. The van der Waals surface area contributed by atoms with Gasteiger partial charge in [-0.2, -0.15) is 0 Å². The van der Waals surface area contributed by atoms with Crippen LogP contribution in [0.4, 0.5) is 11.4 Å². The van der Waals surface area contributed by atoms with Crippen molar-refractivity contribution in [1.82, 2.24) is 0 Å². The van der Waals surface area contributed by atoms with E-state index in [4.69, 9.17) is 4.99 Å². The second-order valence-corrected chi connectivity index (χ2v) is 6.22. The third-order valence-electron chi connectivity index (χ3n) is 3.46. The Kier molecular flexibility index (Phi) is 4.15. The topological polar surface area (TPSA) is 27.6 Å². The van der Waals surface area contributed by atoms with Crippen molar-refractivity contribution in [3.8, 4) is 0 Å². The van der Waals surface area contributed by atoms with Gasteiger partial charge >= 0.3 is 0 Å². The lowest BCUT2D eigenvalue weighted by atomic mass is 10.1. The van der Waals surface area contributed by atoms with Crippen LogP contribution in [0.15, 0.2) is 59.6 Å². The van der Waals surface area contributed by atoms with E-state index in [1.165, 1.54) is 11.3 Å². The molecule has 1 aliphatic rings. The van der Waals surface area contributed by atoms with Gasteiger partial charge in [-0.1, -0.05) is 54.2 Å². The van der Waals surface area contributed by atoms with E-state index >= 15 is 0 Å². The number of thioether (sulfide) groups is 1. The molecule has 2 aromatic carbocycles. The third-order valence-corrected chi connectivity index (χ3v) is 4.43. The van der Waals surface area contributed by atoms with E-state index in [2.05, 4.69) is 66.8 Å². The van der Waals surface area contributed by atoms with Gasteiger partial charge < -0.3 is 10.2 Å². The first-order chi connectivity index (χ1) is 10.2. The molecule has 1 heterocycles. The van der Waals surface area contributed by atoms with Gasteiger partial charge in [-0.25, -0.2) is 0 Å². The maximum Gasteiger partial charge on any atom is 0.161 e. The number of nitrogens with one attached hydrogen (secondary N) is 1. The molecule has 1 unspecified atom stereocenters. The summed E-state index contributed by atoms with van der Waals surface area (Å²) in [4.78, 5) is 6.91. The summed E-state index contributed by atoms with van der Waals surface area (Å²) < 4.78 is 0. The highest BCUT2D eigenvalue weighted by atomic mass is 32.2. The van der Waals surface area contributed by atoms with E-state index in [1.807, 2.05) is 12.1 Å². The van der Waals surface area contributed by atoms with Gasteiger partial charge in [-0.05, 0) is 17.7 Å². The van der Waals surface area contributed by atoms with E-state index in [1.54, 1.807) is 11.8 Å². The Morgan fingerprint density at radius 1 is 1.05 bits per heavy atom. The zero-order chi connectivity index (χ0) is 14.7. The van der Waals surface area contributed by atoms with Crippen LogP contribution in [-0.2, 0) is 0 Å². The summed E-state index contributed by atoms with van der Waals surface area (Å²) >= 11 is 1.78. The third kappa shape index (κ3) is 3.22. The smallest absolute Gasteiger partial charge is 0.161 e. The van der Waals surface area contributed by atoms with Crippen LogP contribution in [0, 0.1) is 0 Å². The Bertz CT molecular complexity index is 637. The van der Waals surface area contributed by atoms with Gasteiger partial charge in [0, 0.05) is 19.8 Å². The lowest BCUT2D eigenvalue weighted by Crippen LogP contribution is -2.13. The Labute approximate surface area is 130 Å². The number of anilines is 2. The highest BCUT2D eigenvalue weighted by Crippen LogP contribution is 2.32. The molecular formula is C17H19N3S. The largest absolute Gasteiger partial charge is 0.376 e. The molecule has 1 N–H and O–H groups in total. The van der Waals surface area contributed by atoms with Crippen molar-refractivity contribution in [3.63, 3.8) is 0 Å². The van der Waals surface area contributed by atoms with Crippen LogP contribution in [0.1, 0.15) is 11.6 Å². The fraction of sp³-hybridized carbons (Fsp3) is 0.235. The summed E-state index contributed by atoms with van der Waals surface area (Å²) in [6.07, 6.45) is 0. The number of hydrogen-bond acceptors (Lipinski definition) is 4. The number of amidine groups is 1. The quantitative estimate of drug-likeness (QED) is 0.927. The molecule has 3 rings (SSSR count). The minimum absolute atomic E-state index is 0.255. The lowest BCUT2D eigenvalue weighted by molar-refractivity contribution is 0.849. The van der Waals surface area contributed by atoms with Crippen molar-refractivity contribution < 1.29 is 0 Å². The molecule has 0 fully saturated rings. The van der Waals surface area contributed by atoms with E-state index in [9.17, 15) is 0 Å². The molecule has 0 saturated carbocycles. The molecule has 0 aliphatic carbocycles. The highest BCUT2D eigenvalue weighted by Gasteiger charge is 2.20. The molecule has 3 nitrogen and oxygen atoms in total. The molecule has 2 aromatic rings. The molecule has 0 aromatic heterocycles. The standard InChI is InChI=1S/C17H19N3S/c1-20(2)16-11-7-6-10-14(16)18-17-19-15(12-21-17)13-8-4-3-5-9-13/h3-11,15H,12H2,1-2H3,(H,18,19). The van der Waals surface area contributed by atoms with Gasteiger partial charge in [0.1, 0.15) is 0 Å². The summed E-state index contributed by atoms with van der Waals surface area (Å²) in [5.74, 6) is 0.997. The van der Waals surface area contributed by atoms with E-state index < -0.39 is 0 Å². The van der Waals surface area contributed by atoms with Crippen LogP contribution in [0.2, 0.25) is 0 Å². The fourth-order valence-electron chi connectivity index (χ4n) is 2.37. The number of hydrogen-bond donors (Lipinski definition) is 1. The van der Waals surface area contributed by atoms with Crippen molar-refractivity contribution in [1.29, 1.82) is 0 Å². The van der Waals surface area contributed by atoms with Crippen LogP contribution in [0.5, 0.6) is 0 Å². The zero-order valence-corrected chi connectivity index (χ0v) is 13.1. The van der Waals surface area contributed by atoms with Crippen molar-refractivity contribution >= 4 is 28.3 Å². The summed E-state index contributed by atoms with van der Waals surface area (Å²) in [5, 5.41) is 4.46. The van der Waals surface area contributed by atoms with Crippen molar-refractivity contribution in [3.05, 3.63) is 60.2 Å². The van der Waals surface area contributed by atoms with Crippen LogP contribution in [-0.4, -0.2) is 25.0 Å². The zero-order valence-electron chi connectivity index (χ0n) is 12.3. The molecule has 0 spiro atoms. The monoisotopic (exact) mass is 297 g/mol. The first-order valence-electron chi connectivity index (χ1n) is 7.03. The van der Waals surface area contributed by atoms with Crippen LogP contribution >= 0.6 is 11.8 Å². The number of nitrogens with zero attached hydrogens (tertiary/aromatic N) is 2. The number of benzene rings is 2. The molecule has 108 valence electrons. The molecule has 0 amide bonds. The van der Waals surface area contributed by atoms with Gasteiger partial charge in [0.25, 0.3) is 0 Å². The fourth-order valence-corrected chi connectivity index (χ4v) is 3.34. The van der Waals surface area contributed by atoms with Crippen LogP contribution < -0.4 is 10.2 Å². The Balaban J connectivity index is 1.78. The summed E-state index contributed by atoms with van der Waals surface area (Å²) in [7, 11) is 4.10. The van der Waals surface area contributed by atoms with Gasteiger partial charge in [0.15, 0.2) is 5.17 Å². The minimum atomic E-state index is 0.255. The van der Waals surface area contributed by atoms with Gasteiger partial charge in [0.2, 0.25) is 0 Å². The van der Waals surface area contributed by atoms with Crippen molar-refractivity contribution in [2.45, 2.75) is 6.04 Å². The molecular weight excluding hydrogens is 278 g/mol. The van der Waals surface area contributed by atoms with E-state index in [0.717, 1.165) is 16.6 Å². The normalized spacial score (nSPS) is 17.4.